The minimum atomic E-state index is -0.936. The predicted octanol–water partition coefficient (Wildman–Crippen LogP) is 6.78. The molecule has 1 aliphatic carbocycles. The molecule has 1 fully saturated rings. The minimum Gasteiger partial charge on any atom is -0.443 e. The lowest BCUT2D eigenvalue weighted by atomic mass is 9.92. The molecule has 10 heteroatoms. The molecule has 1 aliphatic heterocycles. The Bertz CT molecular complexity index is 1490. The van der Waals surface area contributed by atoms with Crippen molar-refractivity contribution in [2.45, 2.75) is 70.5 Å². The lowest BCUT2D eigenvalue weighted by Crippen LogP contribution is -2.41. The number of benzene rings is 2. The van der Waals surface area contributed by atoms with Crippen LogP contribution in [0.15, 0.2) is 36.4 Å². The largest absolute Gasteiger partial charge is 0.443 e. The SMILES string of the molecule is CC(C)(C)OC(=O)N1C(=O)[C@@]2(C[C@H]2c2ccc3c(I)nn(C(=O)OC(C)(C)C)c3c2)c2cc(Cl)ccc21. The molecule has 3 aromatic rings. The van der Waals surface area contributed by atoms with E-state index in [0.29, 0.717) is 31.9 Å². The van der Waals surface area contributed by atoms with Crippen LogP contribution in [0.4, 0.5) is 15.3 Å². The molecule has 5 rings (SSSR count). The molecular formula is C27H27ClIN3O5. The summed E-state index contributed by atoms with van der Waals surface area (Å²) in [6.45, 7) is 10.7. The minimum absolute atomic E-state index is 0.214. The van der Waals surface area contributed by atoms with E-state index in [1.807, 2.05) is 18.2 Å². The molecular weight excluding hydrogens is 609 g/mol. The van der Waals surface area contributed by atoms with Crippen LogP contribution in [-0.4, -0.2) is 39.1 Å². The van der Waals surface area contributed by atoms with Crippen molar-refractivity contribution in [2.75, 3.05) is 4.90 Å². The fraction of sp³-hybridized carbons (Fsp3) is 0.407. The van der Waals surface area contributed by atoms with Gasteiger partial charge >= 0.3 is 12.2 Å². The average Bonchev–Trinajstić information content (AvgIpc) is 3.37. The summed E-state index contributed by atoms with van der Waals surface area (Å²) in [6, 6.07) is 10.8. The van der Waals surface area contributed by atoms with Gasteiger partial charge in [-0.2, -0.15) is 9.78 Å². The van der Waals surface area contributed by atoms with Crippen LogP contribution in [-0.2, 0) is 19.7 Å². The summed E-state index contributed by atoms with van der Waals surface area (Å²) >= 11 is 8.42. The van der Waals surface area contributed by atoms with Crippen molar-refractivity contribution in [1.29, 1.82) is 0 Å². The highest BCUT2D eigenvalue weighted by Gasteiger charge is 2.68. The fourth-order valence-corrected chi connectivity index (χ4v) is 5.77. The molecule has 2 aliphatic rings. The molecule has 0 bridgehead atoms. The second kappa shape index (κ2) is 8.42. The number of hydrogen-bond donors (Lipinski definition) is 0. The summed E-state index contributed by atoms with van der Waals surface area (Å²) < 4.78 is 13.0. The quantitative estimate of drug-likeness (QED) is 0.274. The highest BCUT2D eigenvalue weighted by atomic mass is 127. The van der Waals surface area contributed by atoms with Crippen LogP contribution < -0.4 is 4.90 Å². The fourth-order valence-electron chi connectivity index (χ4n) is 4.93. The summed E-state index contributed by atoms with van der Waals surface area (Å²) in [5.41, 5.74) is 0.276. The number of carbonyl (C=O) groups excluding carboxylic acids is 3. The van der Waals surface area contributed by atoms with Crippen LogP contribution in [0.5, 0.6) is 0 Å². The van der Waals surface area contributed by atoms with E-state index < -0.39 is 28.8 Å². The van der Waals surface area contributed by atoms with Crippen LogP contribution in [0.3, 0.4) is 0 Å². The Morgan fingerprint density at radius 1 is 1.03 bits per heavy atom. The second-order valence-electron chi connectivity index (χ2n) is 11.5. The van der Waals surface area contributed by atoms with Crippen LogP contribution in [0.1, 0.15) is 65.0 Å². The monoisotopic (exact) mass is 635 g/mol. The third-order valence-electron chi connectivity index (χ3n) is 6.43. The maximum atomic E-state index is 13.9. The Kier molecular flexibility index (Phi) is 5.91. The van der Waals surface area contributed by atoms with Gasteiger partial charge in [0, 0.05) is 16.3 Å². The summed E-state index contributed by atoms with van der Waals surface area (Å²) in [6.07, 6.45) is -0.786. The number of aromatic nitrogens is 2. The van der Waals surface area contributed by atoms with E-state index in [4.69, 9.17) is 21.1 Å². The molecule has 2 aromatic carbocycles. The van der Waals surface area contributed by atoms with Gasteiger partial charge in [-0.3, -0.25) is 4.79 Å². The first-order valence-corrected chi connectivity index (χ1v) is 13.4. The van der Waals surface area contributed by atoms with Crippen LogP contribution in [0, 0.1) is 3.70 Å². The number of rotatable bonds is 1. The standard InChI is InChI=1S/C27H27ClIN3O5/c1-25(2,3)36-23(34)31-19-10-8-15(28)12-17(19)27(22(31)33)13-18(27)14-7-9-16-20(11-14)32(30-21(16)29)24(35)37-26(4,5)6/h7-12,18H,13H2,1-6H3/t18-,27-/m0/s1. The normalized spacial score (nSPS) is 20.9. The maximum Gasteiger partial charge on any atom is 0.435 e. The number of anilines is 1. The van der Waals surface area contributed by atoms with E-state index in [0.717, 1.165) is 15.8 Å². The highest BCUT2D eigenvalue weighted by molar-refractivity contribution is 14.1. The number of fused-ring (bicyclic) bond motifs is 3. The molecule has 0 N–H and O–H groups in total. The van der Waals surface area contributed by atoms with Crippen molar-refractivity contribution in [3.8, 4) is 0 Å². The van der Waals surface area contributed by atoms with Gasteiger partial charge in [0.15, 0.2) is 0 Å². The number of nitrogens with zero attached hydrogens (tertiary/aromatic N) is 3. The average molecular weight is 636 g/mol. The van der Waals surface area contributed by atoms with Gasteiger partial charge in [-0.1, -0.05) is 17.7 Å². The van der Waals surface area contributed by atoms with E-state index in [1.165, 1.54) is 4.68 Å². The molecule has 0 unspecified atom stereocenters. The number of hydrogen-bond acceptors (Lipinski definition) is 6. The number of ether oxygens (including phenoxy) is 2. The van der Waals surface area contributed by atoms with Gasteiger partial charge in [-0.25, -0.2) is 14.5 Å². The van der Waals surface area contributed by atoms with Crippen LogP contribution in [0.2, 0.25) is 5.02 Å². The number of imide groups is 1. The summed E-state index contributed by atoms with van der Waals surface area (Å²) in [7, 11) is 0. The molecule has 0 radical (unpaired) electrons. The summed E-state index contributed by atoms with van der Waals surface area (Å²) in [5, 5.41) is 5.68. The van der Waals surface area contributed by atoms with Crippen molar-refractivity contribution in [3.63, 3.8) is 0 Å². The summed E-state index contributed by atoms with van der Waals surface area (Å²) in [4.78, 5) is 40.9. The first kappa shape index (κ1) is 26.0. The molecule has 37 heavy (non-hydrogen) atoms. The zero-order chi connectivity index (χ0) is 27.1. The molecule has 1 saturated carbocycles. The lowest BCUT2D eigenvalue weighted by molar-refractivity contribution is -0.120. The van der Waals surface area contributed by atoms with Crippen LogP contribution in [0.25, 0.3) is 10.9 Å². The number of amides is 2. The van der Waals surface area contributed by atoms with Gasteiger partial charge in [0.05, 0.1) is 16.6 Å². The molecule has 1 spiro atoms. The van der Waals surface area contributed by atoms with Crippen molar-refractivity contribution in [3.05, 3.63) is 56.2 Å². The zero-order valence-corrected chi connectivity index (χ0v) is 24.3. The van der Waals surface area contributed by atoms with E-state index in [9.17, 15) is 14.4 Å². The van der Waals surface area contributed by atoms with Crippen LogP contribution >= 0.6 is 34.2 Å². The van der Waals surface area contributed by atoms with Gasteiger partial charge in [0.2, 0.25) is 5.91 Å². The van der Waals surface area contributed by atoms with Gasteiger partial charge in [-0.05, 0) is 112 Å². The Balaban J connectivity index is 1.56. The molecule has 2 atom stereocenters. The number of carbonyl (C=O) groups is 3. The van der Waals surface area contributed by atoms with Gasteiger partial charge < -0.3 is 9.47 Å². The third-order valence-corrected chi connectivity index (χ3v) is 7.46. The Morgan fingerprint density at radius 3 is 2.32 bits per heavy atom. The Hall–Kier alpha value is -2.66. The van der Waals surface area contributed by atoms with E-state index in [2.05, 4.69) is 27.7 Å². The summed E-state index contributed by atoms with van der Waals surface area (Å²) in [5.74, 6) is -0.548. The van der Waals surface area contributed by atoms with E-state index in [1.54, 1.807) is 59.7 Å². The topological polar surface area (TPSA) is 90.7 Å². The van der Waals surface area contributed by atoms with E-state index >= 15 is 0 Å². The first-order valence-electron chi connectivity index (χ1n) is 11.9. The lowest BCUT2D eigenvalue weighted by Gasteiger charge is -2.24. The zero-order valence-electron chi connectivity index (χ0n) is 21.4. The van der Waals surface area contributed by atoms with E-state index in [-0.39, 0.29) is 11.8 Å². The van der Waals surface area contributed by atoms with Gasteiger partial charge in [0.25, 0.3) is 0 Å². The molecule has 2 heterocycles. The predicted molar refractivity (Wildman–Crippen MR) is 148 cm³/mol. The number of halogens is 2. The molecule has 1 aromatic heterocycles. The maximum absolute atomic E-state index is 13.9. The van der Waals surface area contributed by atoms with Crippen molar-refractivity contribution >= 4 is 68.9 Å². The molecule has 8 nitrogen and oxygen atoms in total. The van der Waals surface area contributed by atoms with Gasteiger partial charge in [0.1, 0.15) is 14.9 Å². The van der Waals surface area contributed by atoms with Gasteiger partial charge in [-0.15, -0.1) is 0 Å². The van der Waals surface area contributed by atoms with Crippen molar-refractivity contribution in [1.82, 2.24) is 9.78 Å². The third kappa shape index (κ3) is 4.39. The molecule has 194 valence electrons. The Morgan fingerprint density at radius 2 is 1.68 bits per heavy atom. The Labute approximate surface area is 233 Å². The van der Waals surface area contributed by atoms with Crippen molar-refractivity contribution < 1.29 is 23.9 Å². The first-order chi connectivity index (χ1) is 17.1. The highest BCUT2D eigenvalue weighted by Crippen LogP contribution is 2.66. The smallest absolute Gasteiger partial charge is 0.435 e. The van der Waals surface area contributed by atoms with Crippen molar-refractivity contribution in [2.24, 2.45) is 0 Å². The second-order valence-corrected chi connectivity index (χ2v) is 12.9. The molecule has 0 saturated heterocycles. The molecule has 2 amide bonds.